The minimum Gasteiger partial charge on any atom is -0.381 e. The van der Waals surface area contributed by atoms with Gasteiger partial charge in [-0.2, -0.15) is 4.98 Å². The highest BCUT2D eigenvalue weighted by molar-refractivity contribution is 5.01. The molecule has 0 radical (unpaired) electrons. The van der Waals surface area contributed by atoms with Crippen LogP contribution in [0.1, 0.15) is 30.5 Å². The highest BCUT2D eigenvalue weighted by Crippen LogP contribution is 2.25. The van der Waals surface area contributed by atoms with Gasteiger partial charge in [-0.05, 0) is 25.8 Å². The zero-order chi connectivity index (χ0) is 13.1. The van der Waals surface area contributed by atoms with Crippen LogP contribution in [0.4, 0.5) is 0 Å². The molecule has 0 amide bonds. The standard InChI is InChI=1S/C13H21N3O3/c1-14-11-3-5-18-8-10(11)13-15-12(16-19-13)6-9-2-4-17-7-9/h9-11,14H,2-8H2,1H3. The van der Waals surface area contributed by atoms with Crippen LogP contribution >= 0.6 is 0 Å². The second-order valence-electron chi connectivity index (χ2n) is 5.35. The molecular formula is C13H21N3O3. The maximum atomic E-state index is 5.52. The maximum absolute atomic E-state index is 5.52. The highest BCUT2D eigenvalue weighted by Gasteiger charge is 2.31. The van der Waals surface area contributed by atoms with Crippen LogP contribution in [0.25, 0.3) is 0 Å². The second kappa shape index (κ2) is 5.98. The minimum atomic E-state index is 0.167. The topological polar surface area (TPSA) is 69.4 Å². The van der Waals surface area contributed by atoms with Gasteiger partial charge in [-0.1, -0.05) is 5.16 Å². The van der Waals surface area contributed by atoms with Crippen molar-refractivity contribution in [2.24, 2.45) is 5.92 Å². The molecular weight excluding hydrogens is 246 g/mol. The average molecular weight is 267 g/mol. The van der Waals surface area contributed by atoms with Crippen molar-refractivity contribution in [3.05, 3.63) is 11.7 Å². The molecule has 2 fully saturated rings. The Balaban J connectivity index is 1.65. The molecule has 0 spiro atoms. The molecule has 3 atom stereocenters. The summed E-state index contributed by atoms with van der Waals surface area (Å²) in [5.74, 6) is 2.20. The smallest absolute Gasteiger partial charge is 0.233 e. The van der Waals surface area contributed by atoms with Gasteiger partial charge in [0.05, 0.1) is 12.5 Å². The molecule has 1 aromatic rings. The number of rotatable bonds is 4. The predicted molar refractivity (Wildman–Crippen MR) is 68.0 cm³/mol. The van der Waals surface area contributed by atoms with Crippen LogP contribution in [0.3, 0.4) is 0 Å². The molecule has 0 saturated carbocycles. The van der Waals surface area contributed by atoms with Crippen LogP contribution in [-0.2, 0) is 15.9 Å². The van der Waals surface area contributed by atoms with E-state index in [2.05, 4.69) is 15.5 Å². The van der Waals surface area contributed by atoms with Crippen molar-refractivity contribution >= 4 is 0 Å². The first-order valence-electron chi connectivity index (χ1n) is 7.02. The van der Waals surface area contributed by atoms with E-state index in [0.717, 1.165) is 44.9 Å². The Morgan fingerprint density at radius 2 is 2.05 bits per heavy atom. The molecule has 3 heterocycles. The second-order valence-corrected chi connectivity index (χ2v) is 5.35. The van der Waals surface area contributed by atoms with Gasteiger partial charge in [0, 0.05) is 32.3 Å². The van der Waals surface area contributed by atoms with Crippen molar-refractivity contribution in [3.8, 4) is 0 Å². The van der Waals surface area contributed by atoms with Gasteiger partial charge >= 0.3 is 0 Å². The first-order valence-corrected chi connectivity index (χ1v) is 7.02. The van der Waals surface area contributed by atoms with E-state index in [1.807, 2.05) is 7.05 Å². The molecule has 1 N–H and O–H groups in total. The van der Waals surface area contributed by atoms with Crippen molar-refractivity contribution in [2.75, 3.05) is 33.5 Å². The molecule has 3 rings (SSSR count). The quantitative estimate of drug-likeness (QED) is 0.867. The maximum Gasteiger partial charge on any atom is 0.233 e. The van der Waals surface area contributed by atoms with E-state index in [9.17, 15) is 0 Å². The lowest BCUT2D eigenvalue weighted by molar-refractivity contribution is 0.0516. The van der Waals surface area contributed by atoms with Gasteiger partial charge in [-0.3, -0.25) is 0 Å². The summed E-state index contributed by atoms with van der Waals surface area (Å²) < 4.78 is 16.3. The Kier molecular flexibility index (Phi) is 4.10. The van der Waals surface area contributed by atoms with Gasteiger partial charge in [0.15, 0.2) is 5.82 Å². The molecule has 106 valence electrons. The first kappa shape index (κ1) is 13.0. The van der Waals surface area contributed by atoms with Crippen LogP contribution in [0.5, 0.6) is 0 Å². The third-order valence-electron chi connectivity index (χ3n) is 4.02. The Morgan fingerprint density at radius 3 is 2.84 bits per heavy atom. The molecule has 0 aliphatic carbocycles. The number of hydrogen-bond donors (Lipinski definition) is 1. The Labute approximate surface area is 112 Å². The SMILES string of the molecule is CNC1CCOCC1c1nc(CC2CCOC2)no1. The van der Waals surface area contributed by atoms with Gasteiger partial charge in [-0.15, -0.1) is 0 Å². The predicted octanol–water partition coefficient (Wildman–Crippen LogP) is 0.740. The van der Waals surface area contributed by atoms with Crippen molar-refractivity contribution in [1.82, 2.24) is 15.5 Å². The Hall–Kier alpha value is -0.980. The van der Waals surface area contributed by atoms with Gasteiger partial charge < -0.3 is 19.3 Å². The summed E-state index contributed by atoms with van der Waals surface area (Å²) in [5, 5.41) is 7.41. The zero-order valence-corrected chi connectivity index (χ0v) is 11.3. The van der Waals surface area contributed by atoms with Gasteiger partial charge in [0.2, 0.25) is 5.89 Å². The van der Waals surface area contributed by atoms with E-state index in [1.54, 1.807) is 0 Å². The summed E-state index contributed by atoms with van der Waals surface area (Å²) in [7, 11) is 1.97. The number of hydrogen-bond acceptors (Lipinski definition) is 6. The molecule has 19 heavy (non-hydrogen) atoms. The summed E-state index contributed by atoms with van der Waals surface area (Å²) >= 11 is 0. The lowest BCUT2D eigenvalue weighted by atomic mass is 9.96. The van der Waals surface area contributed by atoms with E-state index in [0.29, 0.717) is 24.5 Å². The summed E-state index contributed by atoms with van der Waals surface area (Å²) in [5.41, 5.74) is 0. The third-order valence-corrected chi connectivity index (χ3v) is 4.02. The van der Waals surface area contributed by atoms with E-state index in [-0.39, 0.29) is 5.92 Å². The molecule has 2 saturated heterocycles. The van der Waals surface area contributed by atoms with Crippen LogP contribution in [0, 0.1) is 5.92 Å². The van der Waals surface area contributed by atoms with Gasteiger partial charge in [0.1, 0.15) is 0 Å². The highest BCUT2D eigenvalue weighted by atomic mass is 16.5. The normalized spacial score (nSPS) is 31.7. The molecule has 1 aromatic heterocycles. The van der Waals surface area contributed by atoms with E-state index >= 15 is 0 Å². The summed E-state index contributed by atoms with van der Waals surface area (Å²) in [6, 6.07) is 0.358. The van der Waals surface area contributed by atoms with Crippen LogP contribution in [0.2, 0.25) is 0 Å². The van der Waals surface area contributed by atoms with Crippen molar-refractivity contribution in [1.29, 1.82) is 0 Å². The van der Waals surface area contributed by atoms with Crippen LogP contribution in [-0.4, -0.2) is 49.7 Å². The monoisotopic (exact) mass is 267 g/mol. The zero-order valence-electron chi connectivity index (χ0n) is 11.3. The lowest BCUT2D eigenvalue weighted by Gasteiger charge is -2.28. The fourth-order valence-electron chi connectivity index (χ4n) is 2.83. The van der Waals surface area contributed by atoms with Gasteiger partial charge in [0.25, 0.3) is 0 Å². The number of ether oxygens (including phenoxy) is 2. The molecule has 2 aliphatic heterocycles. The summed E-state index contributed by atoms with van der Waals surface area (Å²) in [6.45, 7) is 3.12. The van der Waals surface area contributed by atoms with Crippen LogP contribution in [0.15, 0.2) is 4.52 Å². The first-order chi connectivity index (χ1) is 9.36. The fraction of sp³-hybridized carbons (Fsp3) is 0.846. The summed E-state index contributed by atoms with van der Waals surface area (Å²) in [4.78, 5) is 4.54. The van der Waals surface area contributed by atoms with Crippen molar-refractivity contribution in [2.45, 2.75) is 31.2 Å². The van der Waals surface area contributed by atoms with E-state index < -0.39 is 0 Å². The molecule has 0 aromatic carbocycles. The fourth-order valence-corrected chi connectivity index (χ4v) is 2.83. The molecule has 6 nitrogen and oxygen atoms in total. The Bertz CT molecular complexity index is 404. The summed E-state index contributed by atoms with van der Waals surface area (Å²) in [6.07, 6.45) is 2.92. The average Bonchev–Trinajstić information content (AvgIpc) is 3.11. The van der Waals surface area contributed by atoms with E-state index in [1.165, 1.54) is 0 Å². The van der Waals surface area contributed by atoms with E-state index in [4.69, 9.17) is 14.0 Å². The molecule has 0 bridgehead atoms. The largest absolute Gasteiger partial charge is 0.381 e. The minimum absolute atomic E-state index is 0.167. The number of nitrogens with one attached hydrogen (secondary N) is 1. The Morgan fingerprint density at radius 1 is 1.21 bits per heavy atom. The van der Waals surface area contributed by atoms with Gasteiger partial charge in [-0.25, -0.2) is 0 Å². The van der Waals surface area contributed by atoms with Crippen LogP contribution < -0.4 is 5.32 Å². The lowest BCUT2D eigenvalue weighted by Crippen LogP contribution is -2.39. The number of aromatic nitrogens is 2. The molecule has 2 aliphatic rings. The van der Waals surface area contributed by atoms with Crippen molar-refractivity contribution < 1.29 is 14.0 Å². The van der Waals surface area contributed by atoms with Crippen molar-refractivity contribution in [3.63, 3.8) is 0 Å². The number of nitrogens with zero attached hydrogens (tertiary/aromatic N) is 2. The molecule has 3 unspecified atom stereocenters. The molecule has 6 heteroatoms. The third kappa shape index (κ3) is 2.96. The number of likely N-dealkylation sites (N-methyl/N-ethyl adjacent to an activating group) is 1.